The second kappa shape index (κ2) is 9.40. The van der Waals surface area contributed by atoms with Crippen LogP contribution in [-0.2, 0) is 0 Å². The van der Waals surface area contributed by atoms with Crippen LogP contribution in [0.25, 0.3) is 0 Å². The molecule has 0 bridgehead atoms. The average molecular weight is 442 g/mol. The monoisotopic (exact) mass is 441 g/mol. The minimum Gasteiger partial charge on any atom is -0.370 e. The molecule has 1 aliphatic heterocycles. The summed E-state index contributed by atoms with van der Waals surface area (Å²) in [4.78, 5) is 31.5. The molecule has 156 valence electrons. The molecule has 30 heavy (non-hydrogen) atoms. The maximum absolute atomic E-state index is 11.8. The molecule has 10 heteroatoms. The van der Waals surface area contributed by atoms with Gasteiger partial charge in [0.05, 0.1) is 11.4 Å². The summed E-state index contributed by atoms with van der Waals surface area (Å²) in [6.07, 6.45) is 5.47. The number of piperidine rings is 1. The molecule has 4 heterocycles. The summed E-state index contributed by atoms with van der Waals surface area (Å²) in [6, 6.07) is 5.77. The zero-order valence-electron chi connectivity index (χ0n) is 16.8. The van der Waals surface area contributed by atoms with E-state index in [1.165, 1.54) is 11.3 Å². The Morgan fingerprint density at radius 3 is 2.77 bits per heavy atom. The van der Waals surface area contributed by atoms with Crippen LogP contribution in [0.15, 0.2) is 41.1 Å². The fourth-order valence-electron chi connectivity index (χ4n) is 3.39. The van der Waals surface area contributed by atoms with Gasteiger partial charge >= 0.3 is 0 Å². The number of aryl methyl sites for hydroxylation is 1. The zero-order valence-corrected chi connectivity index (χ0v) is 18.5. The number of carbonyl (C=O) groups is 1. The summed E-state index contributed by atoms with van der Waals surface area (Å²) in [7, 11) is 1.62. The third-order valence-corrected chi connectivity index (χ3v) is 6.86. The Hall–Kier alpha value is -2.72. The van der Waals surface area contributed by atoms with Gasteiger partial charge in [0.25, 0.3) is 5.91 Å². The number of hydrogen-bond donors (Lipinski definition) is 2. The van der Waals surface area contributed by atoms with Crippen LogP contribution in [0.4, 0.5) is 16.6 Å². The molecule has 1 fully saturated rings. The molecule has 0 aliphatic carbocycles. The van der Waals surface area contributed by atoms with Gasteiger partial charge in [0.15, 0.2) is 5.13 Å². The number of rotatable bonds is 6. The summed E-state index contributed by atoms with van der Waals surface area (Å²) in [5, 5.41) is 10.0. The van der Waals surface area contributed by atoms with E-state index in [-0.39, 0.29) is 5.91 Å². The lowest BCUT2D eigenvalue weighted by Crippen LogP contribution is -2.35. The van der Waals surface area contributed by atoms with Gasteiger partial charge in [-0.2, -0.15) is 0 Å². The Morgan fingerprint density at radius 2 is 2.07 bits per heavy atom. The van der Waals surface area contributed by atoms with Crippen LogP contribution in [0.5, 0.6) is 0 Å². The third-order valence-electron chi connectivity index (χ3n) is 4.90. The highest BCUT2D eigenvalue weighted by Crippen LogP contribution is 2.32. The first-order chi connectivity index (χ1) is 14.6. The van der Waals surface area contributed by atoms with Crippen molar-refractivity contribution in [1.29, 1.82) is 0 Å². The number of anilines is 3. The Kier molecular flexibility index (Phi) is 6.44. The molecule has 0 spiro atoms. The minimum absolute atomic E-state index is 0.159. The van der Waals surface area contributed by atoms with Crippen molar-refractivity contribution in [3.8, 4) is 0 Å². The highest BCUT2D eigenvalue weighted by Gasteiger charge is 2.22. The van der Waals surface area contributed by atoms with Gasteiger partial charge in [-0.1, -0.05) is 0 Å². The maximum Gasteiger partial charge on any atom is 0.269 e. The minimum atomic E-state index is -0.159. The third kappa shape index (κ3) is 4.88. The maximum atomic E-state index is 11.8. The van der Waals surface area contributed by atoms with Crippen LogP contribution in [-0.4, -0.2) is 51.2 Å². The highest BCUT2D eigenvalue weighted by molar-refractivity contribution is 7.99. The van der Waals surface area contributed by atoms with Gasteiger partial charge in [-0.3, -0.25) is 4.79 Å². The molecule has 0 aromatic carbocycles. The molecule has 4 rings (SSSR count). The highest BCUT2D eigenvalue weighted by atomic mass is 32.2. The number of hydrogen-bond acceptors (Lipinski definition) is 9. The first-order valence-corrected chi connectivity index (χ1v) is 11.5. The van der Waals surface area contributed by atoms with Crippen molar-refractivity contribution in [2.45, 2.75) is 30.0 Å². The molecular weight excluding hydrogens is 418 g/mol. The molecule has 0 radical (unpaired) electrons. The number of carbonyl (C=O) groups excluding carboxylic acids is 1. The largest absolute Gasteiger partial charge is 0.370 e. The fourth-order valence-corrected chi connectivity index (χ4v) is 5.01. The van der Waals surface area contributed by atoms with Crippen LogP contribution >= 0.6 is 23.1 Å². The van der Waals surface area contributed by atoms with E-state index in [4.69, 9.17) is 0 Å². The van der Waals surface area contributed by atoms with E-state index in [2.05, 4.69) is 35.5 Å². The lowest BCUT2D eigenvalue weighted by Gasteiger charge is -2.33. The average Bonchev–Trinajstić information content (AvgIpc) is 3.27. The standard InChI is InChI=1S/C20H23N7OS2/c1-13-16(4-3-15(25-13)19(28)21-2)27-8-5-14(6-9-27)30-18-11-17(23-12-24-18)26-20-22-7-10-29-20/h3-4,7,10-12,14H,5-6,8-9H2,1-2H3,(H,21,28)(H,22,23,24,26). The van der Waals surface area contributed by atoms with Gasteiger partial charge in [-0.25, -0.2) is 19.9 Å². The molecule has 8 nitrogen and oxygen atoms in total. The van der Waals surface area contributed by atoms with Crippen molar-refractivity contribution in [3.63, 3.8) is 0 Å². The van der Waals surface area contributed by atoms with Crippen molar-refractivity contribution in [2.24, 2.45) is 0 Å². The van der Waals surface area contributed by atoms with E-state index in [0.717, 1.165) is 53.3 Å². The first-order valence-electron chi connectivity index (χ1n) is 9.72. The van der Waals surface area contributed by atoms with Crippen molar-refractivity contribution >= 4 is 45.6 Å². The molecule has 3 aromatic heterocycles. The Labute approximate surface area is 183 Å². The van der Waals surface area contributed by atoms with Crippen molar-refractivity contribution in [2.75, 3.05) is 30.4 Å². The van der Waals surface area contributed by atoms with Gasteiger partial charge in [-0.05, 0) is 31.9 Å². The summed E-state index contributed by atoms with van der Waals surface area (Å²) in [5.41, 5.74) is 2.44. The first kappa shape index (κ1) is 20.5. The quantitative estimate of drug-likeness (QED) is 0.561. The topological polar surface area (TPSA) is 95.9 Å². The predicted molar refractivity (Wildman–Crippen MR) is 121 cm³/mol. The van der Waals surface area contributed by atoms with Gasteiger partial charge in [-0.15, -0.1) is 23.1 Å². The number of nitrogens with zero attached hydrogens (tertiary/aromatic N) is 5. The number of nitrogens with one attached hydrogen (secondary N) is 2. The molecule has 0 atom stereocenters. The normalized spacial score (nSPS) is 14.5. The predicted octanol–water partition coefficient (Wildman–Crippen LogP) is 3.50. The van der Waals surface area contributed by atoms with Crippen LogP contribution in [0.1, 0.15) is 29.0 Å². The second-order valence-electron chi connectivity index (χ2n) is 6.89. The van der Waals surface area contributed by atoms with E-state index >= 15 is 0 Å². The Balaban J connectivity index is 1.34. The summed E-state index contributed by atoms with van der Waals surface area (Å²) >= 11 is 3.34. The van der Waals surface area contributed by atoms with Crippen molar-refractivity contribution < 1.29 is 4.79 Å². The van der Waals surface area contributed by atoms with Crippen LogP contribution in [0, 0.1) is 6.92 Å². The van der Waals surface area contributed by atoms with Crippen molar-refractivity contribution in [3.05, 3.63) is 47.5 Å². The molecule has 0 unspecified atom stereocenters. The Morgan fingerprint density at radius 1 is 1.23 bits per heavy atom. The number of pyridine rings is 1. The fraction of sp³-hybridized carbons (Fsp3) is 0.350. The lowest BCUT2D eigenvalue weighted by atomic mass is 10.1. The van der Waals surface area contributed by atoms with Crippen LogP contribution in [0.3, 0.4) is 0 Å². The van der Waals surface area contributed by atoms with Gasteiger partial charge in [0.2, 0.25) is 0 Å². The summed E-state index contributed by atoms with van der Waals surface area (Å²) < 4.78 is 0. The van der Waals surface area contributed by atoms with Crippen molar-refractivity contribution in [1.82, 2.24) is 25.3 Å². The summed E-state index contributed by atoms with van der Waals surface area (Å²) in [5.74, 6) is 0.603. The van der Waals surface area contributed by atoms with E-state index < -0.39 is 0 Å². The second-order valence-corrected chi connectivity index (χ2v) is 9.10. The SMILES string of the molecule is CNC(=O)c1ccc(N2CCC(Sc3cc(Nc4nccs4)ncn3)CC2)c(C)n1. The van der Waals surface area contributed by atoms with E-state index in [9.17, 15) is 4.79 Å². The molecule has 0 saturated carbocycles. The molecule has 2 N–H and O–H groups in total. The van der Waals surface area contributed by atoms with E-state index in [1.54, 1.807) is 37.4 Å². The van der Waals surface area contributed by atoms with Crippen LogP contribution < -0.4 is 15.5 Å². The number of aromatic nitrogens is 4. The molecule has 1 aliphatic rings. The van der Waals surface area contributed by atoms with Gasteiger partial charge in [0, 0.05) is 43.0 Å². The number of amides is 1. The Bertz CT molecular complexity index is 1000. The molecule has 3 aromatic rings. The number of thioether (sulfide) groups is 1. The summed E-state index contributed by atoms with van der Waals surface area (Å²) in [6.45, 7) is 3.87. The van der Waals surface area contributed by atoms with Gasteiger partial charge in [0.1, 0.15) is 22.9 Å². The number of thiazole rings is 1. The van der Waals surface area contributed by atoms with Gasteiger partial charge < -0.3 is 15.5 Å². The van der Waals surface area contributed by atoms with Crippen LogP contribution in [0.2, 0.25) is 0 Å². The van der Waals surface area contributed by atoms with E-state index in [1.807, 2.05) is 24.4 Å². The van der Waals surface area contributed by atoms with E-state index in [0.29, 0.717) is 10.9 Å². The zero-order chi connectivity index (χ0) is 20.9. The molecule has 1 saturated heterocycles. The lowest BCUT2D eigenvalue weighted by molar-refractivity contribution is 0.0958. The molecule has 1 amide bonds. The smallest absolute Gasteiger partial charge is 0.269 e. The molecular formula is C20H23N7OS2.